The van der Waals surface area contributed by atoms with Gasteiger partial charge in [-0.1, -0.05) is 6.07 Å². The molecule has 1 N–H and O–H groups in total. The molecule has 0 aliphatic carbocycles. The molecule has 148 valence electrons. The van der Waals surface area contributed by atoms with Crippen molar-refractivity contribution >= 4 is 27.5 Å². The van der Waals surface area contributed by atoms with Gasteiger partial charge in [0.25, 0.3) is 0 Å². The monoisotopic (exact) mass is 401 g/mol. The number of fused-ring (bicyclic) bond motifs is 2. The van der Waals surface area contributed by atoms with Gasteiger partial charge in [0.15, 0.2) is 0 Å². The molecule has 5 rings (SSSR count). The number of phenols is 1. The van der Waals surface area contributed by atoms with Crippen molar-refractivity contribution in [2.75, 3.05) is 25.1 Å². The fraction of sp³-hybridized carbons (Fsp3) is 0.182. The van der Waals surface area contributed by atoms with Crippen molar-refractivity contribution in [1.29, 1.82) is 5.26 Å². The number of hydrogen-bond donors (Lipinski definition) is 1. The minimum absolute atomic E-state index is 0.000614. The average molecular weight is 401 g/mol. The summed E-state index contributed by atoms with van der Waals surface area (Å²) in [6.07, 6.45) is 2.73. The number of benzene rings is 2. The summed E-state index contributed by atoms with van der Waals surface area (Å²) in [5, 5.41) is 21.6. The van der Waals surface area contributed by atoms with E-state index >= 15 is 0 Å². The predicted molar refractivity (Wildman–Crippen MR) is 110 cm³/mol. The third-order valence-corrected chi connectivity index (χ3v) is 5.31. The Morgan fingerprint density at radius 1 is 1.20 bits per heavy atom. The van der Waals surface area contributed by atoms with E-state index in [0.29, 0.717) is 33.4 Å². The van der Waals surface area contributed by atoms with Crippen molar-refractivity contribution < 1.29 is 14.2 Å². The van der Waals surface area contributed by atoms with Crippen LogP contribution in [0.15, 0.2) is 36.5 Å². The molecule has 1 fully saturated rings. The van der Waals surface area contributed by atoms with E-state index in [1.165, 1.54) is 31.4 Å². The fourth-order valence-electron chi connectivity index (χ4n) is 3.74. The Kier molecular flexibility index (Phi) is 4.10. The van der Waals surface area contributed by atoms with Crippen LogP contribution in [-0.4, -0.2) is 40.3 Å². The summed E-state index contributed by atoms with van der Waals surface area (Å²) in [4.78, 5) is 15.6. The quantitative estimate of drug-likeness (QED) is 0.558. The third-order valence-electron chi connectivity index (χ3n) is 5.31. The van der Waals surface area contributed by atoms with E-state index in [4.69, 9.17) is 9.72 Å². The Hall–Kier alpha value is -3.99. The highest BCUT2D eigenvalue weighted by Crippen LogP contribution is 2.38. The molecule has 4 aromatic rings. The van der Waals surface area contributed by atoms with E-state index in [0.717, 1.165) is 24.9 Å². The number of phenolic OH excluding ortho intramolecular Hbond substituents is 1. The van der Waals surface area contributed by atoms with Crippen LogP contribution in [0.4, 0.5) is 10.2 Å². The SMILES string of the molecule is COc1ncc2c(N3CCC3)nc(-c3cc(O)cc4ccc(F)c(C#N)c34)cc2n1. The zero-order valence-electron chi connectivity index (χ0n) is 16.1. The average Bonchev–Trinajstić information content (AvgIpc) is 2.71. The van der Waals surface area contributed by atoms with Gasteiger partial charge in [-0.15, -0.1) is 0 Å². The van der Waals surface area contributed by atoms with E-state index < -0.39 is 5.82 Å². The van der Waals surface area contributed by atoms with Crippen molar-refractivity contribution in [3.63, 3.8) is 0 Å². The molecule has 0 amide bonds. The second kappa shape index (κ2) is 6.81. The highest BCUT2D eigenvalue weighted by molar-refractivity contribution is 6.03. The van der Waals surface area contributed by atoms with Crippen LogP contribution in [-0.2, 0) is 0 Å². The van der Waals surface area contributed by atoms with Gasteiger partial charge in [-0.3, -0.25) is 0 Å². The van der Waals surface area contributed by atoms with Crippen LogP contribution in [0.2, 0.25) is 0 Å². The lowest BCUT2D eigenvalue weighted by molar-refractivity contribution is 0.382. The zero-order valence-corrected chi connectivity index (χ0v) is 16.1. The van der Waals surface area contributed by atoms with Crippen LogP contribution in [0.1, 0.15) is 12.0 Å². The number of nitrogens with zero attached hydrogens (tertiary/aromatic N) is 5. The summed E-state index contributed by atoms with van der Waals surface area (Å²) in [6, 6.07) is 9.66. The van der Waals surface area contributed by atoms with Gasteiger partial charge in [-0.05, 0) is 36.1 Å². The van der Waals surface area contributed by atoms with Crippen molar-refractivity contribution in [1.82, 2.24) is 15.0 Å². The van der Waals surface area contributed by atoms with Gasteiger partial charge < -0.3 is 14.7 Å². The standard InChI is InChI=1S/C22H16FN5O2/c1-30-22-25-11-16-19(27-22)9-18(26-21(16)28-5-2-6-28)14-8-13(29)7-12-3-4-17(23)15(10-24)20(12)14/h3-4,7-9,11,29H,2,5-6H2,1H3. The molecule has 30 heavy (non-hydrogen) atoms. The first-order chi connectivity index (χ1) is 14.6. The van der Waals surface area contributed by atoms with Crippen molar-refractivity contribution in [3.8, 4) is 29.1 Å². The molecule has 0 saturated carbocycles. The molecule has 8 heteroatoms. The number of pyridine rings is 1. The third kappa shape index (κ3) is 2.75. The lowest BCUT2D eigenvalue weighted by Crippen LogP contribution is -2.37. The number of rotatable bonds is 3. The largest absolute Gasteiger partial charge is 0.508 e. The van der Waals surface area contributed by atoms with Crippen LogP contribution in [0.5, 0.6) is 11.8 Å². The summed E-state index contributed by atoms with van der Waals surface area (Å²) in [5.74, 6) is 0.0909. The van der Waals surface area contributed by atoms with E-state index in [1.807, 2.05) is 6.07 Å². The molecule has 0 unspecified atom stereocenters. The molecule has 3 heterocycles. The first kappa shape index (κ1) is 18.1. The molecule has 0 atom stereocenters. The molecular formula is C22H16FN5O2. The molecule has 1 aliphatic rings. The molecule has 2 aromatic carbocycles. The summed E-state index contributed by atoms with van der Waals surface area (Å²) in [6.45, 7) is 1.72. The molecule has 0 radical (unpaired) electrons. The van der Waals surface area contributed by atoms with Crippen molar-refractivity contribution in [2.45, 2.75) is 6.42 Å². The van der Waals surface area contributed by atoms with E-state index in [-0.39, 0.29) is 17.3 Å². The Morgan fingerprint density at radius 3 is 2.73 bits per heavy atom. The Labute approximate surface area is 171 Å². The minimum Gasteiger partial charge on any atom is -0.508 e. The number of methoxy groups -OCH3 is 1. The van der Waals surface area contributed by atoms with Crippen LogP contribution in [0.3, 0.4) is 0 Å². The number of hydrogen-bond acceptors (Lipinski definition) is 7. The molecule has 1 aliphatic heterocycles. The zero-order chi connectivity index (χ0) is 20.8. The number of nitriles is 1. The van der Waals surface area contributed by atoms with Gasteiger partial charge in [0, 0.05) is 30.2 Å². The number of ether oxygens (including phenoxy) is 1. The van der Waals surface area contributed by atoms with Gasteiger partial charge in [-0.2, -0.15) is 10.2 Å². The first-order valence-corrected chi connectivity index (χ1v) is 9.41. The highest BCUT2D eigenvalue weighted by Gasteiger charge is 2.22. The molecule has 1 saturated heterocycles. The van der Waals surface area contributed by atoms with E-state index in [9.17, 15) is 14.8 Å². The molecule has 2 aromatic heterocycles. The number of aromatic nitrogens is 3. The lowest BCUT2D eigenvalue weighted by atomic mass is 9.96. The van der Waals surface area contributed by atoms with Gasteiger partial charge >= 0.3 is 6.01 Å². The molecular weight excluding hydrogens is 385 g/mol. The van der Waals surface area contributed by atoms with Crippen LogP contribution in [0.25, 0.3) is 32.9 Å². The minimum atomic E-state index is -0.621. The van der Waals surface area contributed by atoms with Crippen LogP contribution < -0.4 is 9.64 Å². The van der Waals surface area contributed by atoms with Gasteiger partial charge in [0.05, 0.1) is 29.3 Å². The maximum atomic E-state index is 14.4. The Morgan fingerprint density at radius 2 is 2.03 bits per heavy atom. The first-order valence-electron chi connectivity index (χ1n) is 9.41. The van der Waals surface area contributed by atoms with Gasteiger partial charge in [0.1, 0.15) is 23.5 Å². The Balaban J connectivity index is 1.86. The topological polar surface area (TPSA) is 95.2 Å². The fourth-order valence-corrected chi connectivity index (χ4v) is 3.74. The van der Waals surface area contributed by atoms with Crippen molar-refractivity contribution in [2.24, 2.45) is 0 Å². The smallest absolute Gasteiger partial charge is 0.316 e. The summed E-state index contributed by atoms with van der Waals surface area (Å²) < 4.78 is 19.5. The van der Waals surface area contributed by atoms with E-state index in [2.05, 4.69) is 14.9 Å². The maximum Gasteiger partial charge on any atom is 0.316 e. The summed E-state index contributed by atoms with van der Waals surface area (Å²) in [5.41, 5.74) is 1.46. The molecule has 0 spiro atoms. The van der Waals surface area contributed by atoms with Crippen LogP contribution in [0, 0.1) is 17.1 Å². The summed E-state index contributed by atoms with van der Waals surface area (Å²) in [7, 11) is 1.49. The number of halogens is 1. The lowest BCUT2D eigenvalue weighted by Gasteiger charge is -2.33. The van der Waals surface area contributed by atoms with Gasteiger partial charge in [0.2, 0.25) is 0 Å². The number of anilines is 1. The van der Waals surface area contributed by atoms with E-state index in [1.54, 1.807) is 12.3 Å². The normalized spacial score (nSPS) is 13.3. The number of aromatic hydroxyl groups is 1. The summed E-state index contributed by atoms with van der Waals surface area (Å²) >= 11 is 0. The van der Waals surface area contributed by atoms with Crippen LogP contribution >= 0.6 is 0 Å². The molecule has 7 nitrogen and oxygen atoms in total. The molecule has 0 bridgehead atoms. The Bertz CT molecular complexity index is 1360. The van der Waals surface area contributed by atoms with Gasteiger partial charge in [-0.25, -0.2) is 14.4 Å². The predicted octanol–water partition coefficient (Wildman–Crippen LogP) is 3.78. The second-order valence-corrected chi connectivity index (χ2v) is 7.09. The van der Waals surface area contributed by atoms with Crippen molar-refractivity contribution in [3.05, 3.63) is 47.9 Å². The maximum absolute atomic E-state index is 14.4. The second-order valence-electron chi connectivity index (χ2n) is 7.09. The highest BCUT2D eigenvalue weighted by atomic mass is 19.1.